The Hall–Kier alpha value is -2.74. The van der Waals surface area contributed by atoms with Crippen LogP contribution in [0.5, 0.6) is 11.5 Å². The van der Waals surface area contributed by atoms with Crippen molar-refractivity contribution in [3.8, 4) is 11.5 Å². The summed E-state index contributed by atoms with van der Waals surface area (Å²) in [6, 6.07) is 12.1. The molecular formula is C22H28N2O5S. The number of rotatable bonds is 6. The molecule has 0 aliphatic carbocycles. The van der Waals surface area contributed by atoms with E-state index in [-0.39, 0.29) is 18.5 Å². The van der Waals surface area contributed by atoms with E-state index < -0.39 is 15.6 Å². The Morgan fingerprint density at radius 2 is 1.90 bits per heavy atom. The third kappa shape index (κ3) is 5.05. The lowest BCUT2D eigenvalue weighted by molar-refractivity contribution is -0.120. The Kier molecular flexibility index (Phi) is 5.99. The maximum atomic E-state index is 12.9. The number of benzene rings is 2. The second kappa shape index (κ2) is 8.18. The van der Waals surface area contributed by atoms with Crippen molar-refractivity contribution in [2.45, 2.75) is 38.8 Å². The van der Waals surface area contributed by atoms with Gasteiger partial charge in [0.15, 0.2) is 0 Å². The average molecular weight is 433 g/mol. The molecule has 0 radical (unpaired) electrons. The Morgan fingerprint density at radius 3 is 2.50 bits per heavy atom. The van der Waals surface area contributed by atoms with E-state index in [0.717, 1.165) is 27.4 Å². The number of fused-ring (bicyclic) bond motifs is 1. The van der Waals surface area contributed by atoms with Gasteiger partial charge in [-0.3, -0.25) is 9.10 Å². The van der Waals surface area contributed by atoms with E-state index in [1.54, 1.807) is 24.3 Å². The van der Waals surface area contributed by atoms with Gasteiger partial charge in [0.25, 0.3) is 0 Å². The summed E-state index contributed by atoms with van der Waals surface area (Å²) in [5.41, 5.74) is 1.91. The first-order valence-corrected chi connectivity index (χ1v) is 11.5. The molecule has 1 N–H and O–H groups in total. The van der Waals surface area contributed by atoms with Gasteiger partial charge in [0.05, 0.1) is 25.1 Å². The van der Waals surface area contributed by atoms with Crippen LogP contribution in [0.3, 0.4) is 0 Å². The van der Waals surface area contributed by atoms with Crippen molar-refractivity contribution in [1.29, 1.82) is 0 Å². The molecule has 2 aromatic rings. The molecular weight excluding hydrogens is 404 g/mol. The minimum atomic E-state index is -3.66. The Morgan fingerprint density at radius 1 is 1.23 bits per heavy atom. The zero-order valence-corrected chi connectivity index (χ0v) is 18.7. The number of nitrogens with one attached hydrogen (secondary N) is 1. The van der Waals surface area contributed by atoms with Gasteiger partial charge in [0.1, 0.15) is 23.6 Å². The standard InChI is InChI=1S/C22H28N2O5S/c1-15-6-11-20-18(12-15)19(13-22(2,3)29-20)23-21(25)14-24(30(5,26)27)16-7-9-17(28-4)10-8-16/h6-12,19H,13-14H2,1-5H3,(H,23,25). The van der Waals surface area contributed by atoms with Gasteiger partial charge < -0.3 is 14.8 Å². The number of methoxy groups -OCH3 is 1. The number of sulfonamides is 1. The summed E-state index contributed by atoms with van der Waals surface area (Å²) in [4.78, 5) is 12.9. The van der Waals surface area contributed by atoms with Crippen molar-refractivity contribution in [2.75, 3.05) is 24.2 Å². The maximum Gasteiger partial charge on any atom is 0.241 e. The molecule has 1 heterocycles. The van der Waals surface area contributed by atoms with Crippen LogP contribution in [0.2, 0.25) is 0 Å². The second-order valence-electron chi connectivity index (χ2n) is 8.19. The fraction of sp³-hybridized carbons (Fsp3) is 0.409. The van der Waals surface area contributed by atoms with Gasteiger partial charge in [-0.25, -0.2) is 8.42 Å². The number of carbonyl (C=O) groups excluding carboxylic acids is 1. The van der Waals surface area contributed by atoms with Crippen LogP contribution < -0.4 is 19.1 Å². The highest BCUT2D eigenvalue weighted by atomic mass is 32.2. The minimum Gasteiger partial charge on any atom is -0.497 e. The van der Waals surface area contributed by atoms with Crippen molar-refractivity contribution < 1.29 is 22.7 Å². The summed E-state index contributed by atoms with van der Waals surface area (Å²) in [6.45, 7) is 5.60. The fourth-order valence-electron chi connectivity index (χ4n) is 3.62. The minimum absolute atomic E-state index is 0.270. The molecule has 1 atom stereocenters. The van der Waals surface area contributed by atoms with Crippen molar-refractivity contribution >= 4 is 21.6 Å². The van der Waals surface area contributed by atoms with Crippen LogP contribution in [0.15, 0.2) is 42.5 Å². The Bertz CT molecular complexity index is 1030. The number of nitrogens with zero attached hydrogens (tertiary/aromatic N) is 1. The third-order valence-corrected chi connectivity index (χ3v) is 6.15. The number of aryl methyl sites for hydroxylation is 1. The van der Waals surface area contributed by atoms with E-state index >= 15 is 0 Å². The quantitative estimate of drug-likeness (QED) is 0.758. The molecule has 1 amide bonds. The molecule has 162 valence electrons. The van der Waals surface area contributed by atoms with Crippen molar-refractivity contribution in [3.63, 3.8) is 0 Å². The molecule has 2 aromatic carbocycles. The smallest absolute Gasteiger partial charge is 0.241 e. The van der Waals surface area contributed by atoms with Gasteiger partial charge in [-0.15, -0.1) is 0 Å². The summed E-state index contributed by atoms with van der Waals surface area (Å²) in [7, 11) is -2.12. The number of hydrogen-bond acceptors (Lipinski definition) is 5. The highest BCUT2D eigenvalue weighted by Gasteiger charge is 2.35. The van der Waals surface area contributed by atoms with Crippen LogP contribution in [0.25, 0.3) is 0 Å². The van der Waals surface area contributed by atoms with Crippen LogP contribution in [0.1, 0.15) is 37.4 Å². The monoisotopic (exact) mass is 432 g/mol. The van der Waals surface area contributed by atoms with Gasteiger partial charge in [-0.1, -0.05) is 17.7 Å². The molecule has 7 nitrogen and oxygen atoms in total. The fourth-order valence-corrected chi connectivity index (χ4v) is 4.48. The molecule has 1 aliphatic heterocycles. The molecule has 0 saturated carbocycles. The van der Waals surface area contributed by atoms with Crippen LogP contribution in [0.4, 0.5) is 5.69 Å². The Balaban J connectivity index is 1.83. The first kappa shape index (κ1) is 22.0. The van der Waals surface area contributed by atoms with Crippen molar-refractivity contribution in [3.05, 3.63) is 53.6 Å². The zero-order valence-electron chi connectivity index (χ0n) is 17.9. The first-order chi connectivity index (χ1) is 14.0. The second-order valence-corrected chi connectivity index (χ2v) is 10.1. The summed E-state index contributed by atoms with van der Waals surface area (Å²) < 4.78 is 37.0. The molecule has 0 aromatic heterocycles. The molecule has 0 bridgehead atoms. The highest BCUT2D eigenvalue weighted by Crippen LogP contribution is 2.39. The highest BCUT2D eigenvalue weighted by molar-refractivity contribution is 7.92. The van der Waals surface area contributed by atoms with Crippen LogP contribution in [0, 0.1) is 6.92 Å². The number of amides is 1. The molecule has 3 rings (SSSR count). The topological polar surface area (TPSA) is 84.9 Å². The van der Waals surface area contributed by atoms with E-state index in [4.69, 9.17) is 9.47 Å². The molecule has 0 fully saturated rings. The number of carbonyl (C=O) groups is 1. The normalized spacial score (nSPS) is 17.4. The van der Waals surface area contributed by atoms with Gasteiger partial charge >= 0.3 is 0 Å². The van der Waals surface area contributed by atoms with E-state index in [0.29, 0.717) is 17.9 Å². The molecule has 1 unspecified atom stereocenters. The molecule has 0 spiro atoms. The van der Waals surface area contributed by atoms with Gasteiger partial charge in [0.2, 0.25) is 15.9 Å². The van der Waals surface area contributed by atoms with Gasteiger partial charge in [0, 0.05) is 12.0 Å². The maximum absolute atomic E-state index is 12.9. The largest absolute Gasteiger partial charge is 0.497 e. The van der Waals surface area contributed by atoms with Crippen LogP contribution in [-0.4, -0.2) is 39.8 Å². The summed E-state index contributed by atoms with van der Waals surface area (Å²) in [5, 5.41) is 3.00. The SMILES string of the molecule is COc1ccc(N(CC(=O)NC2CC(C)(C)Oc3ccc(C)cc32)S(C)(=O)=O)cc1. The van der Waals surface area contributed by atoms with Crippen LogP contribution >= 0.6 is 0 Å². The molecule has 30 heavy (non-hydrogen) atoms. The van der Waals surface area contributed by atoms with E-state index in [1.165, 1.54) is 7.11 Å². The van der Waals surface area contributed by atoms with E-state index in [9.17, 15) is 13.2 Å². The lowest BCUT2D eigenvalue weighted by Gasteiger charge is -2.38. The average Bonchev–Trinajstić information content (AvgIpc) is 2.65. The summed E-state index contributed by atoms with van der Waals surface area (Å²) >= 11 is 0. The number of ether oxygens (including phenoxy) is 2. The first-order valence-electron chi connectivity index (χ1n) is 9.69. The predicted octanol–water partition coefficient (Wildman–Crippen LogP) is 3.19. The lowest BCUT2D eigenvalue weighted by atomic mass is 9.89. The van der Waals surface area contributed by atoms with Gasteiger partial charge in [-0.2, -0.15) is 0 Å². The summed E-state index contributed by atoms with van der Waals surface area (Å²) in [6.07, 6.45) is 1.66. The van der Waals surface area contributed by atoms with Gasteiger partial charge in [-0.05, 0) is 51.1 Å². The van der Waals surface area contributed by atoms with E-state index in [1.807, 2.05) is 39.0 Å². The lowest BCUT2D eigenvalue weighted by Crippen LogP contribution is -2.45. The van der Waals surface area contributed by atoms with Crippen molar-refractivity contribution in [2.24, 2.45) is 0 Å². The number of hydrogen-bond donors (Lipinski definition) is 1. The predicted molar refractivity (Wildman–Crippen MR) is 117 cm³/mol. The molecule has 0 saturated heterocycles. The molecule has 1 aliphatic rings. The number of anilines is 1. The van der Waals surface area contributed by atoms with Crippen LogP contribution in [-0.2, 0) is 14.8 Å². The summed E-state index contributed by atoms with van der Waals surface area (Å²) in [5.74, 6) is 0.955. The van der Waals surface area contributed by atoms with Crippen molar-refractivity contribution in [1.82, 2.24) is 5.32 Å². The zero-order chi connectivity index (χ0) is 22.1. The third-order valence-electron chi connectivity index (χ3n) is 5.01. The Labute approximate surface area is 178 Å². The van der Waals surface area contributed by atoms with E-state index in [2.05, 4.69) is 5.32 Å². The molecule has 8 heteroatoms.